The predicted molar refractivity (Wildman–Crippen MR) is 57.3 cm³/mol. The molecule has 1 aliphatic rings. The van der Waals surface area contributed by atoms with Crippen molar-refractivity contribution >= 4 is 0 Å². The first-order chi connectivity index (χ1) is 6.63. The second kappa shape index (κ2) is 5.69. The average Bonchev–Trinajstić information content (AvgIpc) is 2.50. The molecule has 1 rings (SSSR count). The molecule has 14 heavy (non-hydrogen) atoms. The molecular formula is C11H23NO2. The van der Waals surface area contributed by atoms with Crippen molar-refractivity contribution in [3.8, 4) is 0 Å². The van der Waals surface area contributed by atoms with Crippen molar-refractivity contribution in [1.29, 1.82) is 0 Å². The molecule has 1 aliphatic heterocycles. The van der Waals surface area contributed by atoms with E-state index in [1.54, 1.807) is 0 Å². The van der Waals surface area contributed by atoms with Crippen LogP contribution in [0.25, 0.3) is 0 Å². The van der Waals surface area contributed by atoms with E-state index in [2.05, 4.69) is 26.1 Å². The molecule has 2 N–H and O–H groups in total. The van der Waals surface area contributed by atoms with E-state index < -0.39 is 0 Å². The van der Waals surface area contributed by atoms with Gasteiger partial charge in [-0.15, -0.1) is 0 Å². The zero-order valence-corrected chi connectivity index (χ0v) is 9.49. The molecule has 0 aliphatic carbocycles. The van der Waals surface area contributed by atoms with Crippen molar-refractivity contribution in [3.05, 3.63) is 0 Å². The fraction of sp³-hybridized carbons (Fsp3) is 1.00. The predicted octanol–water partition coefficient (Wildman–Crippen LogP) is 1.16. The van der Waals surface area contributed by atoms with Crippen molar-refractivity contribution in [2.75, 3.05) is 13.2 Å². The number of nitrogens with one attached hydrogen (secondary N) is 1. The van der Waals surface area contributed by atoms with Gasteiger partial charge in [-0.1, -0.05) is 13.8 Å². The summed E-state index contributed by atoms with van der Waals surface area (Å²) in [5.41, 5.74) is 0. The fourth-order valence-electron chi connectivity index (χ4n) is 2.02. The summed E-state index contributed by atoms with van der Waals surface area (Å²) in [6.45, 7) is 7.52. The monoisotopic (exact) mass is 201 g/mol. The molecule has 1 fully saturated rings. The molecule has 3 nitrogen and oxygen atoms in total. The Morgan fingerprint density at radius 1 is 1.50 bits per heavy atom. The van der Waals surface area contributed by atoms with Gasteiger partial charge in [0, 0.05) is 18.7 Å². The second-order valence-electron chi connectivity index (χ2n) is 4.65. The number of hydrogen-bond acceptors (Lipinski definition) is 3. The van der Waals surface area contributed by atoms with Crippen molar-refractivity contribution in [1.82, 2.24) is 5.32 Å². The van der Waals surface area contributed by atoms with Gasteiger partial charge in [-0.3, -0.25) is 0 Å². The van der Waals surface area contributed by atoms with Crippen LogP contribution >= 0.6 is 0 Å². The number of ether oxygens (including phenoxy) is 1. The van der Waals surface area contributed by atoms with Gasteiger partial charge in [-0.25, -0.2) is 0 Å². The van der Waals surface area contributed by atoms with Crippen molar-refractivity contribution in [2.45, 2.75) is 51.8 Å². The zero-order chi connectivity index (χ0) is 10.6. The molecule has 84 valence electrons. The maximum atomic E-state index is 9.22. The Hall–Kier alpha value is -0.120. The first-order valence-corrected chi connectivity index (χ1v) is 5.62. The van der Waals surface area contributed by atoms with E-state index in [9.17, 15) is 5.11 Å². The highest BCUT2D eigenvalue weighted by Gasteiger charge is 2.26. The largest absolute Gasteiger partial charge is 0.395 e. The van der Waals surface area contributed by atoms with Crippen LogP contribution in [0.3, 0.4) is 0 Å². The lowest BCUT2D eigenvalue weighted by molar-refractivity contribution is 0.106. The van der Waals surface area contributed by atoms with Gasteiger partial charge in [0.15, 0.2) is 0 Å². The zero-order valence-electron chi connectivity index (χ0n) is 9.49. The Kier molecular flexibility index (Phi) is 4.85. The van der Waals surface area contributed by atoms with Gasteiger partial charge in [-0.2, -0.15) is 0 Å². The summed E-state index contributed by atoms with van der Waals surface area (Å²) < 4.78 is 5.47. The SMILES string of the molecule is CC(C)C[C@H](CO)N[C@H]1CCO[C@@H]1C. The number of aliphatic hydroxyl groups is 1. The summed E-state index contributed by atoms with van der Waals surface area (Å²) >= 11 is 0. The fourth-order valence-corrected chi connectivity index (χ4v) is 2.02. The smallest absolute Gasteiger partial charge is 0.0700 e. The Labute approximate surface area is 86.8 Å². The molecule has 1 saturated heterocycles. The lowest BCUT2D eigenvalue weighted by Gasteiger charge is -2.24. The minimum atomic E-state index is 0.224. The van der Waals surface area contributed by atoms with Gasteiger partial charge in [0.1, 0.15) is 0 Å². The molecule has 0 unspecified atom stereocenters. The van der Waals surface area contributed by atoms with Gasteiger partial charge >= 0.3 is 0 Å². The molecule has 1 heterocycles. The van der Waals surface area contributed by atoms with Gasteiger partial charge in [-0.05, 0) is 25.7 Å². The normalized spacial score (nSPS) is 29.8. The molecule has 0 radical (unpaired) electrons. The average molecular weight is 201 g/mol. The molecule has 0 spiro atoms. The Bertz CT molecular complexity index is 161. The van der Waals surface area contributed by atoms with Crippen LogP contribution in [0.2, 0.25) is 0 Å². The van der Waals surface area contributed by atoms with Crippen LogP contribution in [0.15, 0.2) is 0 Å². The first-order valence-electron chi connectivity index (χ1n) is 5.62. The molecule has 3 atom stereocenters. The van der Waals surface area contributed by atoms with Crippen LogP contribution in [0.1, 0.15) is 33.6 Å². The van der Waals surface area contributed by atoms with Crippen LogP contribution in [-0.4, -0.2) is 36.5 Å². The highest BCUT2D eigenvalue weighted by atomic mass is 16.5. The second-order valence-corrected chi connectivity index (χ2v) is 4.65. The lowest BCUT2D eigenvalue weighted by atomic mass is 10.0. The maximum Gasteiger partial charge on any atom is 0.0700 e. The minimum absolute atomic E-state index is 0.224. The van der Waals surface area contributed by atoms with E-state index in [4.69, 9.17) is 4.74 Å². The van der Waals surface area contributed by atoms with E-state index in [1.165, 1.54) is 0 Å². The van der Waals surface area contributed by atoms with Crippen molar-refractivity contribution in [2.24, 2.45) is 5.92 Å². The molecule has 0 aromatic carbocycles. The minimum Gasteiger partial charge on any atom is -0.395 e. The number of rotatable bonds is 5. The first kappa shape index (κ1) is 12.0. The Morgan fingerprint density at radius 3 is 2.64 bits per heavy atom. The summed E-state index contributed by atoms with van der Waals surface area (Å²) in [5, 5.41) is 12.7. The molecule has 3 heteroatoms. The van der Waals surface area contributed by atoms with E-state index >= 15 is 0 Å². The molecule has 0 aromatic rings. The van der Waals surface area contributed by atoms with Gasteiger partial charge in [0.2, 0.25) is 0 Å². The molecular weight excluding hydrogens is 178 g/mol. The van der Waals surface area contributed by atoms with Crippen LogP contribution in [0.4, 0.5) is 0 Å². The topological polar surface area (TPSA) is 41.5 Å². The molecule has 0 saturated carbocycles. The lowest BCUT2D eigenvalue weighted by Crippen LogP contribution is -2.44. The summed E-state index contributed by atoms with van der Waals surface area (Å²) in [6, 6.07) is 0.648. The summed E-state index contributed by atoms with van der Waals surface area (Å²) in [6.07, 6.45) is 2.38. The third-order valence-electron chi connectivity index (χ3n) is 2.80. The summed E-state index contributed by atoms with van der Waals surface area (Å²) in [5.74, 6) is 0.622. The van der Waals surface area contributed by atoms with Crippen LogP contribution in [0, 0.1) is 5.92 Å². The van der Waals surface area contributed by atoms with Crippen LogP contribution in [0.5, 0.6) is 0 Å². The van der Waals surface area contributed by atoms with Crippen LogP contribution < -0.4 is 5.32 Å². The van der Waals surface area contributed by atoms with Crippen LogP contribution in [-0.2, 0) is 4.74 Å². The summed E-state index contributed by atoms with van der Waals surface area (Å²) in [4.78, 5) is 0. The third-order valence-corrected chi connectivity index (χ3v) is 2.80. The van der Waals surface area contributed by atoms with Crippen molar-refractivity contribution in [3.63, 3.8) is 0 Å². The standard InChI is InChI=1S/C11H23NO2/c1-8(2)6-10(7-13)12-11-4-5-14-9(11)3/h8-13H,4-7H2,1-3H3/t9-,10-,11+/m1/s1. The maximum absolute atomic E-state index is 9.22. The third kappa shape index (κ3) is 3.56. The van der Waals surface area contributed by atoms with E-state index in [0.29, 0.717) is 12.0 Å². The Balaban J connectivity index is 2.31. The highest BCUT2D eigenvalue weighted by molar-refractivity contribution is 4.83. The number of hydrogen-bond donors (Lipinski definition) is 2. The quantitative estimate of drug-likeness (QED) is 0.701. The van der Waals surface area contributed by atoms with Gasteiger partial charge < -0.3 is 15.2 Å². The molecule has 0 aromatic heterocycles. The van der Waals surface area contributed by atoms with Crippen molar-refractivity contribution < 1.29 is 9.84 Å². The van der Waals surface area contributed by atoms with E-state index in [-0.39, 0.29) is 18.8 Å². The van der Waals surface area contributed by atoms with Gasteiger partial charge in [0.05, 0.1) is 12.7 Å². The van der Waals surface area contributed by atoms with E-state index in [1.807, 2.05) is 0 Å². The highest BCUT2D eigenvalue weighted by Crippen LogP contribution is 2.15. The molecule has 0 amide bonds. The van der Waals surface area contributed by atoms with Gasteiger partial charge in [0.25, 0.3) is 0 Å². The number of aliphatic hydroxyl groups excluding tert-OH is 1. The molecule has 0 bridgehead atoms. The summed E-state index contributed by atoms with van der Waals surface area (Å²) in [7, 11) is 0. The Morgan fingerprint density at radius 2 is 2.21 bits per heavy atom. The van der Waals surface area contributed by atoms with E-state index in [0.717, 1.165) is 19.4 Å².